The molecule has 112 valence electrons. The third-order valence-electron chi connectivity index (χ3n) is 4.39. The number of nitrogens with zero attached hydrogens (tertiary/aromatic N) is 3. The zero-order valence-electron chi connectivity index (χ0n) is 12.9. The Labute approximate surface area is 126 Å². The molecular weight excluding hydrogens is 260 g/mol. The maximum atomic E-state index is 4.20. The summed E-state index contributed by atoms with van der Waals surface area (Å²) in [6.45, 7) is 5.50. The van der Waals surface area contributed by atoms with Gasteiger partial charge in [0.05, 0.1) is 12.2 Å². The molecule has 2 aromatic rings. The van der Waals surface area contributed by atoms with Gasteiger partial charge in [0.25, 0.3) is 0 Å². The summed E-state index contributed by atoms with van der Waals surface area (Å²) in [7, 11) is 1.97. The standard InChI is InChI=1S/C17H24N4/c1-14-7-10-21(11-8-14)16-5-3-4-15(12-16)18-13-17-6-9-19-20(17)2/h3-6,9,12,14,18H,7-8,10-11,13H2,1-2H3. The van der Waals surface area contributed by atoms with Crippen LogP contribution >= 0.6 is 0 Å². The Balaban J connectivity index is 1.64. The number of benzene rings is 1. The van der Waals surface area contributed by atoms with Crippen LogP contribution < -0.4 is 10.2 Å². The first-order valence-electron chi connectivity index (χ1n) is 7.78. The fraction of sp³-hybridized carbons (Fsp3) is 0.471. The Morgan fingerprint density at radius 2 is 2.05 bits per heavy atom. The summed E-state index contributed by atoms with van der Waals surface area (Å²) >= 11 is 0. The molecular formula is C17H24N4. The topological polar surface area (TPSA) is 33.1 Å². The quantitative estimate of drug-likeness (QED) is 0.935. The van der Waals surface area contributed by atoms with Gasteiger partial charge < -0.3 is 10.2 Å². The lowest BCUT2D eigenvalue weighted by atomic mass is 9.99. The number of piperidine rings is 1. The molecule has 0 spiro atoms. The van der Waals surface area contributed by atoms with E-state index in [0.717, 1.165) is 12.5 Å². The highest BCUT2D eigenvalue weighted by molar-refractivity contribution is 5.58. The smallest absolute Gasteiger partial charge is 0.0571 e. The van der Waals surface area contributed by atoms with Gasteiger partial charge in [0.2, 0.25) is 0 Å². The van der Waals surface area contributed by atoms with Gasteiger partial charge in [-0.05, 0) is 43.0 Å². The van der Waals surface area contributed by atoms with E-state index in [1.165, 1.54) is 43.0 Å². The van der Waals surface area contributed by atoms with Crippen molar-refractivity contribution in [1.29, 1.82) is 0 Å². The summed E-state index contributed by atoms with van der Waals surface area (Å²) in [4.78, 5) is 2.50. The van der Waals surface area contributed by atoms with Crippen LogP contribution in [0.3, 0.4) is 0 Å². The normalized spacial score (nSPS) is 16.2. The zero-order valence-corrected chi connectivity index (χ0v) is 12.9. The third-order valence-corrected chi connectivity index (χ3v) is 4.39. The molecule has 0 unspecified atom stereocenters. The van der Waals surface area contributed by atoms with Crippen LogP contribution in [0.5, 0.6) is 0 Å². The van der Waals surface area contributed by atoms with E-state index in [4.69, 9.17) is 0 Å². The van der Waals surface area contributed by atoms with Crippen molar-refractivity contribution in [3.05, 3.63) is 42.2 Å². The van der Waals surface area contributed by atoms with Crippen LogP contribution in [-0.2, 0) is 13.6 Å². The SMILES string of the molecule is CC1CCN(c2cccc(NCc3ccnn3C)c2)CC1. The summed E-state index contributed by atoms with van der Waals surface area (Å²) in [5.74, 6) is 0.868. The first-order chi connectivity index (χ1) is 10.2. The van der Waals surface area contributed by atoms with Crippen molar-refractivity contribution in [2.24, 2.45) is 13.0 Å². The molecule has 1 N–H and O–H groups in total. The van der Waals surface area contributed by atoms with Crippen LogP contribution in [0.15, 0.2) is 36.5 Å². The van der Waals surface area contributed by atoms with E-state index in [2.05, 4.69) is 46.5 Å². The average molecular weight is 284 g/mol. The molecule has 0 bridgehead atoms. The van der Waals surface area contributed by atoms with Crippen LogP contribution in [-0.4, -0.2) is 22.9 Å². The number of aryl methyl sites for hydroxylation is 1. The number of aromatic nitrogens is 2. The molecule has 21 heavy (non-hydrogen) atoms. The lowest BCUT2D eigenvalue weighted by Crippen LogP contribution is -2.32. The molecule has 0 saturated carbocycles. The molecule has 2 heterocycles. The number of hydrogen-bond donors (Lipinski definition) is 1. The maximum Gasteiger partial charge on any atom is 0.0571 e. The van der Waals surface area contributed by atoms with Crippen molar-refractivity contribution in [3.8, 4) is 0 Å². The summed E-state index contributed by atoms with van der Waals surface area (Å²) in [6, 6.07) is 10.8. The maximum absolute atomic E-state index is 4.20. The van der Waals surface area contributed by atoms with Crippen LogP contribution in [0.4, 0.5) is 11.4 Å². The largest absolute Gasteiger partial charge is 0.379 e. The lowest BCUT2D eigenvalue weighted by molar-refractivity contribution is 0.438. The van der Waals surface area contributed by atoms with Crippen molar-refractivity contribution in [2.45, 2.75) is 26.3 Å². The minimum Gasteiger partial charge on any atom is -0.379 e. The van der Waals surface area contributed by atoms with Crippen molar-refractivity contribution in [1.82, 2.24) is 9.78 Å². The van der Waals surface area contributed by atoms with Crippen LogP contribution in [0.2, 0.25) is 0 Å². The van der Waals surface area contributed by atoms with Crippen LogP contribution in [0, 0.1) is 5.92 Å². The molecule has 1 aromatic carbocycles. The van der Waals surface area contributed by atoms with Gasteiger partial charge >= 0.3 is 0 Å². The van der Waals surface area contributed by atoms with Crippen LogP contribution in [0.25, 0.3) is 0 Å². The van der Waals surface area contributed by atoms with E-state index < -0.39 is 0 Å². The highest BCUT2D eigenvalue weighted by atomic mass is 15.3. The first kappa shape index (κ1) is 14.0. The molecule has 1 aliphatic heterocycles. The summed E-state index contributed by atoms with van der Waals surface area (Å²) in [6.07, 6.45) is 4.43. The van der Waals surface area contributed by atoms with Crippen molar-refractivity contribution in [3.63, 3.8) is 0 Å². The van der Waals surface area contributed by atoms with E-state index in [1.54, 1.807) is 0 Å². The molecule has 0 amide bonds. The molecule has 4 heteroatoms. The minimum atomic E-state index is 0.803. The first-order valence-corrected chi connectivity index (χ1v) is 7.78. The Hall–Kier alpha value is -1.97. The lowest BCUT2D eigenvalue weighted by Gasteiger charge is -2.32. The second kappa shape index (κ2) is 6.20. The molecule has 0 atom stereocenters. The number of nitrogens with one attached hydrogen (secondary N) is 1. The highest BCUT2D eigenvalue weighted by Gasteiger charge is 2.16. The summed E-state index contributed by atoms with van der Waals surface area (Å²) in [5.41, 5.74) is 3.69. The Bertz CT molecular complexity index is 582. The molecule has 1 aliphatic rings. The second-order valence-corrected chi connectivity index (χ2v) is 6.02. The summed E-state index contributed by atoms with van der Waals surface area (Å²) < 4.78 is 1.91. The third kappa shape index (κ3) is 3.38. The molecule has 0 radical (unpaired) electrons. The average Bonchev–Trinajstić information content (AvgIpc) is 2.91. The predicted molar refractivity (Wildman–Crippen MR) is 87.6 cm³/mol. The monoisotopic (exact) mass is 284 g/mol. The molecule has 1 aromatic heterocycles. The van der Waals surface area contributed by atoms with Gasteiger partial charge in [-0.3, -0.25) is 4.68 Å². The van der Waals surface area contributed by atoms with Crippen molar-refractivity contribution in [2.75, 3.05) is 23.3 Å². The van der Waals surface area contributed by atoms with E-state index in [9.17, 15) is 0 Å². The molecule has 0 aliphatic carbocycles. The molecule has 3 rings (SSSR count). The van der Waals surface area contributed by atoms with Crippen molar-refractivity contribution >= 4 is 11.4 Å². The van der Waals surface area contributed by atoms with Gasteiger partial charge in [0.1, 0.15) is 0 Å². The number of hydrogen-bond acceptors (Lipinski definition) is 3. The second-order valence-electron chi connectivity index (χ2n) is 6.02. The molecule has 4 nitrogen and oxygen atoms in total. The Morgan fingerprint density at radius 3 is 2.76 bits per heavy atom. The fourth-order valence-electron chi connectivity index (χ4n) is 2.85. The highest BCUT2D eigenvalue weighted by Crippen LogP contribution is 2.25. The van der Waals surface area contributed by atoms with Crippen LogP contribution in [0.1, 0.15) is 25.5 Å². The van der Waals surface area contributed by atoms with Gasteiger partial charge in [0, 0.05) is 37.7 Å². The Kier molecular flexibility index (Phi) is 4.13. The van der Waals surface area contributed by atoms with E-state index in [-0.39, 0.29) is 0 Å². The van der Waals surface area contributed by atoms with Gasteiger partial charge in [-0.1, -0.05) is 13.0 Å². The predicted octanol–water partition coefficient (Wildman–Crippen LogP) is 3.27. The van der Waals surface area contributed by atoms with Gasteiger partial charge in [-0.25, -0.2) is 0 Å². The molecule has 1 saturated heterocycles. The van der Waals surface area contributed by atoms with Gasteiger partial charge in [0.15, 0.2) is 0 Å². The number of anilines is 2. The van der Waals surface area contributed by atoms with Crippen molar-refractivity contribution < 1.29 is 0 Å². The minimum absolute atomic E-state index is 0.803. The Morgan fingerprint density at radius 1 is 1.24 bits per heavy atom. The van der Waals surface area contributed by atoms with E-state index >= 15 is 0 Å². The van der Waals surface area contributed by atoms with Gasteiger partial charge in [-0.2, -0.15) is 5.10 Å². The molecule has 1 fully saturated rings. The van der Waals surface area contributed by atoms with Gasteiger partial charge in [-0.15, -0.1) is 0 Å². The number of rotatable bonds is 4. The fourth-order valence-corrected chi connectivity index (χ4v) is 2.85. The summed E-state index contributed by atoms with van der Waals surface area (Å²) in [5, 5.41) is 7.68. The van der Waals surface area contributed by atoms with E-state index in [1.807, 2.05) is 24.0 Å². The van der Waals surface area contributed by atoms with E-state index in [0.29, 0.717) is 0 Å². The zero-order chi connectivity index (χ0) is 14.7.